The van der Waals surface area contributed by atoms with Crippen molar-refractivity contribution in [3.63, 3.8) is 0 Å². The Kier molecular flexibility index (Phi) is 5.12. The van der Waals surface area contributed by atoms with E-state index in [4.69, 9.17) is 9.47 Å². The number of amides is 1. The maximum atomic E-state index is 13.4. The van der Waals surface area contributed by atoms with Gasteiger partial charge in [-0.1, -0.05) is 48.0 Å². The third-order valence-corrected chi connectivity index (χ3v) is 5.22. The zero-order valence-electron chi connectivity index (χ0n) is 16.8. The second-order valence-electron chi connectivity index (χ2n) is 7.13. The second-order valence-corrected chi connectivity index (χ2v) is 7.13. The average Bonchev–Trinajstić information content (AvgIpc) is 2.76. The fraction of sp³-hybridized carbons (Fsp3) is 0.208. The molecule has 1 amide bonds. The number of fused-ring (bicyclic) bond motifs is 1. The number of nitrogens with one attached hydrogen (secondary N) is 1. The molecule has 1 atom stereocenters. The van der Waals surface area contributed by atoms with Crippen LogP contribution in [0.2, 0.25) is 0 Å². The van der Waals surface area contributed by atoms with Crippen molar-refractivity contribution in [2.75, 3.05) is 19.5 Å². The summed E-state index contributed by atoms with van der Waals surface area (Å²) in [6.07, 6.45) is -0.321. The van der Waals surface area contributed by atoms with Crippen LogP contribution in [0.15, 0.2) is 66.7 Å². The Bertz CT molecular complexity index is 1030. The first kappa shape index (κ1) is 18.9. The van der Waals surface area contributed by atoms with Gasteiger partial charge in [0.1, 0.15) is 6.17 Å². The van der Waals surface area contributed by atoms with Gasteiger partial charge in [-0.3, -0.25) is 4.79 Å². The molecule has 4 rings (SSSR count). The molecule has 148 valence electrons. The minimum Gasteiger partial charge on any atom is -0.493 e. The quantitative estimate of drug-likeness (QED) is 0.683. The van der Waals surface area contributed by atoms with Crippen LogP contribution in [0.1, 0.15) is 33.2 Å². The first-order chi connectivity index (χ1) is 14.1. The summed E-state index contributed by atoms with van der Waals surface area (Å²) in [4.78, 5) is 15.2. The molecule has 29 heavy (non-hydrogen) atoms. The third-order valence-electron chi connectivity index (χ3n) is 5.22. The van der Waals surface area contributed by atoms with Crippen LogP contribution in [0.5, 0.6) is 11.5 Å². The van der Waals surface area contributed by atoms with E-state index in [1.54, 1.807) is 14.2 Å². The van der Waals surface area contributed by atoms with E-state index in [9.17, 15) is 4.79 Å². The van der Waals surface area contributed by atoms with Gasteiger partial charge in [-0.25, -0.2) is 0 Å². The topological polar surface area (TPSA) is 50.8 Å². The molecule has 1 aliphatic rings. The zero-order chi connectivity index (χ0) is 20.4. The van der Waals surface area contributed by atoms with Crippen molar-refractivity contribution < 1.29 is 14.3 Å². The monoisotopic (exact) mass is 388 g/mol. The number of benzene rings is 3. The van der Waals surface area contributed by atoms with E-state index in [1.807, 2.05) is 47.4 Å². The molecule has 1 aliphatic heterocycles. The molecule has 0 saturated heterocycles. The number of hydrogen-bond donors (Lipinski definition) is 1. The number of methoxy groups -OCH3 is 2. The van der Waals surface area contributed by atoms with Crippen LogP contribution in [0.3, 0.4) is 0 Å². The lowest BCUT2D eigenvalue weighted by molar-refractivity contribution is 0.0666. The minimum atomic E-state index is -0.321. The molecule has 1 heterocycles. The highest BCUT2D eigenvalue weighted by atomic mass is 16.5. The van der Waals surface area contributed by atoms with Gasteiger partial charge in [-0.05, 0) is 42.3 Å². The van der Waals surface area contributed by atoms with E-state index in [2.05, 4.69) is 36.5 Å². The number of carbonyl (C=O) groups is 1. The van der Waals surface area contributed by atoms with Crippen LogP contribution in [0.4, 0.5) is 5.69 Å². The van der Waals surface area contributed by atoms with Gasteiger partial charge in [0.25, 0.3) is 5.91 Å². The Hall–Kier alpha value is -3.47. The Labute approximate surface area is 170 Å². The van der Waals surface area contributed by atoms with Crippen LogP contribution in [0.25, 0.3) is 0 Å². The first-order valence-electron chi connectivity index (χ1n) is 9.54. The number of aryl methyl sites for hydroxylation is 1. The molecule has 1 N–H and O–H groups in total. The molecule has 3 aromatic rings. The van der Waals surface area contributed by atoms with Crippen molar-refractivity contribution in [1.82, 2.24) is 4.90 Å². The van der Waals surface area contributed by atoms with Crippen molar-refractivity contribution in [3.8, 4) is 11.5 Å². The van der Waals surface area contributed by atoms with E-state index < -0.39 is 0 Å². The molecule has 0 aromatic heterocycles. The summed E-state index contributed by atoms with van der Waals surface area (Å²) in [5.74, 6) is 1.29. The fourth-order valence-corrected chi connectivity index (χ4v) is 3.63. The standard InChI is InChI=1S/C24H24N2O3/c1-16-8-10-17(11-9-16)15-26-23(18-12-13-21(28-2)22(14-18)29-3)25-20-7-5-4-6-19(20)24(26)27/h4-14,23,25H,15H2,1-3H3/t23-/m1/s1. The highest BCUT2D eigenvalue weighted by molar-refractivity contribution is 6.01. The second kappa shape index (κ2) is 7.87. The molecule has 0 aliphatic carbocycles. The predicted octanol–water partition coefficient (Wildman–Crippen LogP) is 4.78. The van der Waals surface area contributed by atoms with Gasteiger partial charge in [0, 0.05) is 12.2 Å². The molecule has 0 fully saturated rings. The molecule has 0 saturated carbocycles. The van der Waals surface area contributed by atoms with Crippen LogP contribution in [0, 0.1) is 6.92 Å². The lowest BCUT2D eigenvalue weighted by Gasteiger charge is -2.38. The van der Waals surface area contributed by atoms with E-state index in [0.29, 0.717) is 23.6 Å². The van der Waals surface area contributed by atoms with Gasteiger partial charge in [0.15, 0.2) is 11.5 Å². The largest absolute Gasteiger partial charge is 0.493 e. The Morgan fingerprint density at radius 2 is 1.66 bits per heavy atom. The fourth-order valence-electron chi connectivity index (χ4n) is 3.63. The molecule has 0 bridgehead atoms. The van der Waals surface area contributed by atoms with E-state index in [1.165, 1.54) is 5.56 Å². The van der Waals surface area contributed by atoms with Gasteiger partial charge in [-0.15, -0.1) is 0 Å². The van der Waals surface area contributed by atoms with Gasteiger partial charge in [0.05, 0.1) is 19.8 Å². The lowest BCUT2D eigenvalue weighted by Crippen LogP contribution is -2.42. The molecular weight excluding hydrogens is 364 g/mol. The molecule has 0 unspecified atom stereocenters. The van der Waals surface area contributed by atoms with Crippen molar-refractivity contribution in [1.29, 1.82) is 0 Å². The highest BCUT2D eigenvalue weighted by Crippen LogP contribution is 2.37. The summed E-state index contributed by atoms with van der Waals surface area (Å²) < 4.78 is 10.8. The number of carbonyl (C=O) groups excluding carboxylic acids is 1. The van der Waals surface area contributed by atoms with Crippen LogP contribution in [-0.2, 0) is 6.54 Å². The molecule has 5 heteroatoms. The van der Waals surface area contributed by atoms with Crippen molar-refractivity contribution in [3.05, 3.63) is 89.0 Å². The average molecular weight is 388 g/mol. The van der Waals surface area contributed by atoms with E-state index in [0.717, 1.165) is 16.8 Å². The number of rotatable bonds is 5. The van der Waals surface area contributed by atoms with E-state index in [-0.39, 0.29) is 12.1 Å². The van der Waals surface area contributed by atoms with Crippen LogP contribution < -0.4 is 14.8 Å². The number of anilines is 1. The maximum Gasteiger partial charge on any atom is 0.258 e. The maximum absolute atomic E-state index is 13.4. The normalized spacial score (nSPS) is 15.5. The molecular formula is C24H24N2O3. The Balaban J connectivity index is 1.76. The summed E-state index contributed by atoms with van der Waals surface area (Å²) in [6, 6.07) is 21.6. The number of para-hydroxylation sites is 1. The van der Waals surface area contributed by atoms with Crippen molar-refractivity contribution in [2.24, 2.45) is 0 Å². The lowest BCUT2D eigenvalue weighted by atomic mass is 10.0. The summed E-state index contributed by atoms with van der Waals surface area (Å²) in [7, 11) is 3.22. The van der Waals surface area contributed by atoms with E-state index >= 15 is 0 Å². The Morgan fingerprint density at radius 1 is 0.931 bits per heavy atom. The number of nitrogens with zero attached hydrogens (tertiary/aromatic N) is 1. The van der Waals surface area contributed by atoms with Gasteiger partial charge in [-0.2, -0.15) is 0 Å². The summed E-state index contributed by atoms with van der Waals surface area (Å²) in [6.45, 7) is 2.56. The first-order valence-corrected chi connectivity index (χ1v) is 9.54. The molecule has 5 nitrogen and oxygen atoms in total. The molecule has 0 spiro atoms. The Morgan fingerprint density at radius 3 is 2.38 bits per heavy atom. The zero-order valence-corrected chi connectivity index (χ0v) is 16.8. The molecule has 3 aromatic carbocycles. The minimum absolute atomic E-state index is 0.000269. The van der Waals surface area contributed by atoms with Crippen LogP contribution in [-0.4, -0.2) is 25.0 Å². The van der Waals surface area contributed by atoms with Crippen molar-refractivity contribution >= 4 is 11.6 Å². The van der Waals surface area contributed by atoms with Gasteiger partial charge >= 0.3 is 0 Å². The van der Waals surface area contributed by atoms with Crippen LogP contribution >= 0.6 is 0 Å². The summed E-state index contributed by atoms with van der Waals surface area (Å²) in [5.41, 5.74) is 4.71. The van der Waals surface area contributed by atoms with Gasteiger partial charge < -0.3 is 19.7 Å². The molecule has 0 radical (unpaired) electrons. The summed E-state index contributed by atoms with van der Waals surface area (Å²) >= 11 is 0. The third kappa shape index (κ3) is 3.63. The predicted molar refractivity (Wildman–Crippen MR) is 113 cm³/mol. The number of ether oxygens (including phenoxy) is 2. The van der Waals surface area contributed by atoms with Crippen molar-refractivity contribution in [2.45, 2.75) is 19.6 Å². The van der Waals surface area contributed by atoms with Gasteiger partial charge in [0.2, 0.25) is 0 Å². The summed E-state index contributed by atoms with van der Waals surface area (Å²) in [5, 5.41) is 3.52. The SMILES string of the molecule is COc1ccc([C@@H]2Nc3ccccc3C(=O)N2Cc2ccc(C)cc2)cc1OC. The smallest absolute Gasteiger partial charge is 0.258 e. The number of hydrogen-bond acceptors (Lipinski definition) is 4. The highest BCUT2D eigenvalue weighted by Gasteiger charge is 2.33.